The molecule has 0 atom stereocenters. The van der Waals surface area contributed by atoms with Gasteiger partial charge in [-0.1, -0.05) is 6.92 Å². The molecule has 1 aromatic rings. The van der Waals surface area contributed by atoms with Gasteiger partial charge in [-0.2, -0.15) is 0 Å². The highest BCUT2D eigenvalue weighted by Crippen LogP contribution is 2.15. The molecule has 1 rings (SSSR count). The first-order chi connectivity index (χ1) is 9.11. The first kappa shape index (κ1) is 15.0. The molecule has 0 aliphatic rings. The number of carbonyl (C=O) groups is 2. The van der Waals surface area contributed by atoms with Gasteiger partial charge in [0.25, 0.3) is 0 Å². The number of nitrogens with one attached hydrogen (secondary N) is 2. The highest BCUT2D eigenvalue weighted by atomic mass is 16.5. The third-order valence-corrected chi connectivity index (χ3v) is 2.29. The van der Waals surface area contributed by atoms with E-state index in [0.717, 1.165) is 6.54 Å². The van der Waals surface area contributed by atoms with Gasteiger partial charge in [0.2, 0.25) is 11.8 Å². The fourth-order valence-electron chi connectivity index (χ4n) is 1.35. The van der Waals surface area contributed by atoms with Crippen molar-refractivity contribution in [3.05, 3.63) is 24.3 Å². The van der Waals surface area contributed by atoms with Crippen LogP contribution in [0.25, 0.3) is 0 Å². The molecule has 0 aliphatic heterocycles. The van der Waals surface area contributed by atoms with Crippen LogP contribution in [-0.4, -0.2) is 31.5 Å². The van der Waals surface area contributed by atoms with Crippen molar-refractivity contribution in [1.29, 1.82) is 0 Å². The van der Waals surface area contributed by atoms with E-state index in [1.165, 1.54) is 0 Å². The number of rotatable bonds is 8. The van der Waals surface area contributed by atoms with Crippen molar-refractivity contribution in [2.24, 2.45) is 5.73 Å². The van der Waals surface area contributed by atoms with Crippen LogP contribution in [0, 0.1) is 0 Å². The molecule has 0 aromatic heterocycles. The molecule has 0 aliphatic carbocycles. The number of primary amides is 1. The van der Waals surface area contributed by atoms with Crippen LogP contribution in [-0.2, 0) is 9.59 Å². The molecular weight excluding hydrogens is 246 g/mol. The van der Waals surface area contributed by atoms with E-state index in [-0.39, 0.29) is 25.5 Å². The van der Waals surface area contributed by atoms with Crippen molar-refractivity contribution in [2.75, 3.05) is 25.0 Å². The maximum Gasteiger partial charge on any atom is 0.238 e. The van der Waals surface area contributed by atoms with Gasteiger partial charge in [-0.25, -0.2) is 0 Å². The Labute approximate surface area is 112 Å². The molecule has 2 amide bonds. The number of carbonyl (C=O) groups excluding carboxylic acids is 2. The second kappa shape index (κ2) is 8.10. The van der Waals surface area contributed by atoms with E-state index in [4.69, 9.17) is 10.5 Å². The van der Waals surface area contributed by atoms with Crippen LogP contribution in [0.3, 0.4) is 0 Å². The lowest BCUT2D eigenvalue weighted by Gasteiger charge is -2.08. The molecule has 19 heavy (non-hydrogen) atoms. The van der Waals surface area contributed by atoms with Crippen molar-refractivity contribution in [3.63, 3.8) is 0 Å². The van der Waals surface area contributed by atoms with Crippen molar-refractivity contribution in [1.82, 2.24) is 5.32 Å². The number of hydrogen-bond donors (Lipinski definition) is 3. The number of anilines is 1. The van der Waals surface area contributed by atoms with Gasteiger partial charge in [0, 0.05) is 5.69 Å². The zero-order chi connectivity index (χ0) is 14.1. The molecule has 0 radical (unpaired) electrons. The Morgan fingerprint density at radius 2 is 1.95 bits per heavy atom. The zero-order valence-corrected chi connectivity index (χ0v) is 10.9. The highest BCUT2D eigenvalue weighted by molar-refractivity contribution is 5.92. The number of benzene rings is 1. The van der Waals surface area contributed by atoms with Gasteiger partial charge in [-0.05, 0) is 30.8 Å². The molecular formula is C13H19N3O3. The highest BCUT2D eigenvalue weighted by Gasteiger charge is 2.02. The van der Waals surface area contributed by atoms with Gasteiger partial charge in [0.15, 0.2) is 0 Å². The largest absolute Gasteiger partial charge is 0.493 e. The van der Waals surface area contributed by atoms with E-state index in [1.807, 2.05) is 6.92 Å². The molecule has 1 aromatic carbocycles. The molecule has 0 spiro atoms. The van der Waals surface area contributed by atoms with Crippen LogP contribution >= 0.6 is 0 Å². The van der Waals surface area contributed by atoms with Crippen LogP contribution in [0.15, 0.2) is 24.3 Å². The van der Waals surface area contributed by atoms with E-state index >= 15 is 0 Å². The van der Waals surface area contributed by atoms with Crippen LogP contribution in [0.4, 0.5) is 5.69 Å². The van der Waals surface area contributed by atoms with E-state index in [1.54, 1.807) is 24.3 Å². The van der Waals surface area contributed by atoms with Gasteiger partial charge >= 0.3 is 0 Å². The Kier molecular flexibility index (Phi) is 6.38. The third-order valence-electron chi connectivity index (χ3n) is 2.29. The predicted octanol–water partition coefficient (Wildman–Crippen LogP) is 0.489. The Morgan fingerprint density at radius 3 is 2.53 bits per heavy atom. The quantitative estimate of drug-likeness (QED) is 0.637. The second-order valence-corrected chi connectivity index (χ2v) is 3.92. The van der Waals surface area contributed by atoms with Gasteiger partial charge in [0.1, 0.15) is 5.75 Å². The van der Waals surface area contributed by atoms with Crippen molar-refractivity contribution in [3.8, 4) is 5.75 Å². The summed E-state index contributed by atoms with van der Waals surface area (Å²) >= 11 is 0. The van der Waals surface area contributed by atoms with Crippen LogP contribution < -0.4 is 21.1 Å². The maximum absolute atomic E-state index is 11.4. The summed E-state index contributed by atoms with van der Waals surface area (Å²) in [7, 11) is 0. The molecule has 104 valence electrons. The number of likely N-dealkylation sites (N-methyl/N-ethyl adjacent to an activating group) is 1. The lowest BCUT2D eigenvalue weighted by atomic mass is 10.3. The Hall–Kier alpha value is -2.08. The van der Waals surface area contributed by atoms with Crippen LogP contribution in [0.1, 0.15) is 13.3 Å². The Morgan fingerprint density at radius 1 is 1.26 bits per heavy atom. The van der Waals surface area contributed by atoms with E-state index in [9.17, 15) is 9.59 Å². The fourth-order valence-corrected chi connectivity index (χ4v) is 1.35. The first-order valence-electron chi connectivity index (χ1n) is 6.13. The Bertz CT molecular complexity index is 418. The molecule has 0 fully saturated rings. The summed E-state index contributed by atoms with van der Waals surface area (Å²) in [6.45, 7) is 3.22. The summed E-state index contributed by atoms with van der Waals surface area (Å²) in [6, 6.07) is 6.93. The molecule has 0 saturated carbocycles. The molecule has 0 saturated heterocycles. The molecule has 6 nitrogen and oxygen atoms in total. The minimum absolute atomic E-state index is 0.0933. The monoisotopic (exact) mass is 265 g/mol. The van der Waals surface area contributed by atoms with E-state index < -0.39 is 5.91 Å². The minimum Gasteiger partial charge on any atom is -0.493 e. The molecule has 6 heteroatoms. The van der Waals surface area contributed by atoms with Crippen molar-refractivity contribution < 1.29 is 14.3 Å². The average Bonchev–Trinajstić information content (AvgIpc) is 2.38. The lowest BCUT2D eigenvalue weighted by Crippen LogP contribution is -2.27. The summed E-state index contributed by atoms with van der Waals surface area (Å²) in [5.74, 6) is 0.141. The summed E-state index contributed by atoms with van der Waals surface area (Å²) in [5.41, 5.74) is 5.70. The second-order valence-electron chi connectivity index (χ2n) is 3.92. The molecule has 0 heterocycles. The average molecular weight is 265 g/mol. The Balaban J connectivity index is 2.38. The number of nitrogens with two attached hydrogens (primary N) is 1. The molecule has 4 N–H and O–H groups in total. The number of amides is 2. The van der Waals surface area contributed by atoms with E-state index in [2.05, 4.69) is 10.6 Å². The van der Waals surface area contributed by atoms with Gasteiger partial charge in [-0.15, -0.1) is 0 Å². The molecule has 0 bridgehead atoms. The minimum atomic E-state index is -0.396. The van der Waals surface area contributed by atoms with Crippen LogP contribution in [0.5, 0.6) is 5.75 Å². The normalized spacial score (nSPS) is 9.95. The topological polar surface area (TPSA) is 93.4 Å². The standard InChI is InChI=1S/C13H19N3O3/c1-2-15-9-13(18)16-10-3-5-11(6-4-10)19-8-7-12(14)17/h3-6,15H,2,7-9H2,1H3,(H2,14,17)(H,16,18). The van der Waals surface area contributed by atoms with Crippen molar-refractivity contribution >= 4 is 17.5 Å². The van der Waals surface area contributed by atoms with E-state index in [0.29, 0.717) is 11.4 Å². The van der Waals surface area contributed by atoms with Gasteiger partial charge in [-0.3, -0.25) is 9.59 Å². The smallest absolute Gasteiger partial charge is 0.238 e. The molecule has 0 unspecified atom stereocenters. The number of hydrogen-bond acceptors (Lipinski definition) is 4. The summed E-state index contributed by atoms with van der Waals surface area (Å²) < 4.78 is 5.32. The zero-order valence-electron chi connectivity index (χ0n) is 10.9. The summed E-state index contributed by atoms with van der Waals surface area (Å²) in [4.78, 5) is 22.0. The van der Waals surface area contributed by atoms with Gasteiger partial charge in [0.05, 0.1) is 19.6 Å². The third kappa shape index (κ3) is 6.42. The van der Waals surface area contributed by atoms with Crippen LogP contribution in [0.2, 0.25) is 0 Å². The van der Waals surface area contributed by atoms with Gasteiger partial charge < -0.3 is 21.1 Å². The fraction of sp³-hybridized carbons (Fsp3) is 0.385. The van der Waals surface area contributed by atoms with Crippen molar-refractivity contribution in [2.45, 2.75) is 13.3 Å². The summed E-state index contributed by atoms with van der Waals surface area (Å²) in [5, 5.41) is 5.68. The maximum atomic E-state index is 11.4. The summed E-state index contributed by atoms with van der Waals surface area (Å²) in [6.07, 6.45) is 0.182. The lowest BCUT2D eigenvalue weighted by molar-refractivity contribution is -0.118. The number of ether oxygens (including phenoxy) is 1. The SMILES string of the molecule is CCNCC(=O)Nc1ccc(OCCC(N)=O)cc1. The predicted molar refractivity (Wildman–Crippen MR) is 72.9 cm³/mol. The first-order valence-corrected chi connectivity index (χ1v) is 6.13.